The lowest BCUT2D eigenvalue weighted by Crippen LogP contribution is -2.26. The summed E-state index contributed by atoms with van der Waals surface area (Å²) in [5, 5.41) is 6.80. The summed E-state index contributed by atoms with van der Waals surface area (Å²) < 4.78 is 20.3. The molecule has 0 aliphatic heterocycles. The van der Waals surface area contributed by atoms with Crippen molar-refractivity contribution in [2.75, 3.05) is 5.32 Å². The summed E-state index contributed by atoms with van der Waals surface area (Å²) in [4.78, 5) is 21.4. The minimum absolute atomic E-state index is 0.165. The van der Waals surface area contributed by atoms with Gasteiger partial charge in [0.1, 0.15) is 5.82 Å². The summed E-state index contributed by atoms with van der Waals surface area (Å²) in [6, 6.07) is 13.6. The Morgan fingerprint density at radius 2 is 1.83 bits per heavy atom. The molecule has 0 radical (unpaired) electrons. The summed E-state index contributed by atoms with van der Waals surface area (Å²) in [5.74, 6) is 0.678. The summed E-state index contributed by atoms with van der Waals surface area (Å²) in [7, 11) is 0. The molecule has 0 spiro atoms. The van der Waals surface area contributed by atoms with Gasteiger partial charge in [-0.15, -0.1) is 0 Å². The second kappa shape index (κ2) is 7.70. The third kappa shape index (κ3) is 4.07. The Morgan fingerprint density at radius 1 is 1.10 bits per heavy atom. The molecular formula is C22H22FN5O2. The second-order valence-corrected chi connectivity index (χ2v) is 8.00. The Balaban J connectivity index is 1.45. The Labute approximate surface area is 172 Å². The summed E-state index contributed by atoms with van der Waals surface area (Å²) >= 11 is 0. The number of anilines is 1. The number of rotatable bonds is 5. The van der Waals surface area contributed by atoms with Crippen molar-refractivity contribution in [2.45, 2.75) is 39.2 Å². The van der Waals surface area contributed by atoms with Crippen LogP contribution >= 0.6 is 0 Å². The predicted octanol–water partition coefficient (Wildman–Crippen LogP) is 4.55. The maximum Gasteiger partial charge on any atom is 0.227 e. The van der Waals surface area contributed by atoms with Crippen molar-refractivity contribution in [3.05, 3.63) is 60.2 Å². The van der Waals surface area contributed by atoms with Gasteiger partial charge in [0, 0.05) is 23.9 Å². The van der Waals surface area contributed by atoms with E-state index in [0.717, 1.165) is 11.0 Å². The van der Waals surface area contributed by atoms with Crippen molar-refractivity contribution >= 4 is 22.9 Å². The molecule has 4 rings (SSSR count). The molecule has 0 bridgehead atoms. The van der Waals surface area contributed by atoms with Gasteiger partial charge in [-0.1, -0.05) is 17.3 Å². The molecule has 2 aromatic heterocycles. The van der Waals surface area contributed by atoms with E-state index in [4.69, 9.17) is 4.52 Å². The van der Waals surface area contributed by atoms with Crippen LogP contribution in [0.25, 0.3) is 22.4 Å². The van der Waals surface area contributed by atoms with Crippen molar-refractivity contribution in [3.8, 4) is 11.4 Å². The number of benzene rings is 2. The van der Waals surface area contributed by atoms with Gasteiger partial charge in [-0.25, -0.2) is 9.37 Å². The van der Waals surface area contributed by atoms with E-state index in [2.05, 4.69) is 41.2 Å². The number of nitrogens with zero attached hydrogens (tertiary/aromatic N) is 4. The first-order valence-corrected chi connectivity index (χ1v) is 9.67. The zero-order valence-electron chi connectivity index (χ0n) is 17.0. The summed E-state index contributed by atoms with van der Waals surface area (Å²) in [5.41, 5.74) is 2.18. The fourth-order valence-electron chi connectivity index (χ4n) is 3.27. The lowest BCUT2D eigenvalue weighted by Gasteiger charge is -2.24. The molecule has 0 unspecified atom stereocenters. The van der Waals surface area contributed by atoms with Gasteiger partial charge in [0.2, 0.25) is 23.6 Å². The molecule has 1 N–H and O–H groups in total. The van der Waals surface area contributed by atoms with Gasteiger partial charge in [-0.3, -0.25) is 10.1 Å². The SMILES string of the molecule is CC(C)(C)n1c(NC(=O)CCc2nc(-c3ccc(F)cc3)no2)nc2ccccc21. The minimum Gasteiger partial charge on any atom is -0.339 e. The molecule has 30 heavy (non-hydrogen) atoms. The molecular weight excluding hydrogens is 385 g/mol. The number of fused-ring (bicyclic) bond motifs is 1. The van der Waals surface area contributed by atoms with Crippen LogP contribution in [0.4, 0.5) is 10.3 Å². The van der Waals surface area contributed by atoms with Gasteiger partial charge >= 0.3 is 0 Å². The quantitative estimate of drug-likeness (QED) is 0.524. The van der Waals surface area contributed by atoms with E-state index < -0.39 is 0 Å². The van der Waals surface area contributed by atoms with E-state index in [1.165, 1.54) is 12.1 Å². The smallest absolute Gasteiger partial charge is 0.227 e. The predicted molar refractivity (Wildman–Crippen MR) is 111 cm³/mol. The monoisotopic (exact) mass is 407 g/mol. The first-order chi connectivity index (χ1) is 14.3. The van der Waals surface area contributed by atoms with Gasteiger partial charge in [0.25, 0.3) is 0 Å². The third-order valence-corrected chi connectivity index (χ3v) is 4.62. The topological polar surface area (TPSA) is 85.8 Å². The van der Waals surface area contributed by atoms with Crippen LogP contribution in [0.15, 0.2) is 53.1 Å². The van der Waals surface area contributed by atoms with Gasteiger partial charge in [-0.2, -0.15) is 4.98 Å². The molecule has 0 atom stereocenters. The van der Waals surface area contributed by atoms with E-state index in [-0.39, 0.29) is 30.1 Å². The molecule has 0 fully saturated rings. The fourth-order valence-corrected chi connectivity index (χ4v) is 3.27. The van der Waals surface area contributed by atoms with Crippen molar-refractivity contribution in [3.63, 3.8) is 0 Å². The molecule has 2 aromatic carbocycles. The van der Waals surface area contributed by atoms with E-state index in [9.17, 15) is 9.18 Å². The van der Waals surface area contributed by atoms with Gasteiger partial charge in [0.15, 0.2) is 0 Å². The highest BCUT2D eigenvalue weighted by molar-refractivity contribution is 5.91. The molecule has 2 heterocycles. The largest absolute Gasteiger partial charge is 0.339 e. The number of halogens is 1. The first-order valence-electron chi connectivity index (χ1n) is 9.67. The number of amides is 1. The van der Waals surface area contributed by atoms with Gasteiger partial charge < -0.3 is 9.09 Å². The maximum absolute atomic E-state index is 13.1. The summed E-state index contributed by atoms with van der Waals surface area (Å²) in [6.45, 7) is 6.19. The van der Waals surface area contributed by atoms with Crippen LogP contribution in [0.1, 0.15) is 33.1 Å². The summed E-state index contributed by atoms with van der Waals surface area (Å²) in [6.07, 6.45) is 0.453. The Hall–Kier alpha value is -3.55. The number of carbonyl (C=O) groups is 1. The van der Waals surface area contributed by atoms with Crippen LogP contribution in [-0.4, -0.2) is 25.6 Å². The van der Waals surface area contributed by atoms with Crippen molar-refractivity contribution in [1.29, 1.82) is 0 Å². The average Bonchev–Trinajstić information content (AvgIpc) is 3.30. The lowest BCUT2D eigenvalue weighted by atomic mass is 10.1. The van der Waals surface area contributed by atoms with Crippen molar-refractivity contribution in [2.24, 2.45) is 0 Å². The molecule has 4 aromatic rings. The van der Waals surface area contributed by atoms with Crippen LogP contribution < -0.4 is 5.32 Å². The molecule has 8 heteroatoms. The number of aryl methyl sites for hydroxylation is 1. The van der Waals surface area contributed by atoms with Crippen molar-refractivity contribution < 1.29 is 13.7 Å². The zero-order valence-corrected chi connectivity index (χ0v) is 17.0. The van der Waals surface area contributed by atoms with Crippen LogP contribution in [0.2, 0.25) is 0 Å². The molecule has 0 aliphatic rings. The number of hydrogen-bond acceptors (Lipinski definition) is 5. The molecule has 7 nitrogen and oxygen atoms in total. The highest BCUT2D eigenvalue weighted by Gasteiger charge is 2.22. The van der Waals surface area contributed by atoms with E-state index in [1.54, 1.807) is 12.1 Å². The molecule has 154 valence electrons. The Kier molecular flexibility index (Phi) is 5.07. The number of carbonyl (C=O) groups excluding carboxylic acids is 1. The Morgan fingerprint density at radius 3 is 2.57 bits per heavy atom. The van der Waals surface area contributed by atoms with E-state index in [1.807, 2.05) is 28.8 Å². The number of hydrogen-bond donors (Lipinski definition) is 1. The van der Waals surface area contributed by atoms with Gasteiger partial charge in [-0.05, 0) is 57.2 Å². The molecule has 1 amide bonds. The number of aromatic nitrogens is 4. The standard InChI is InChI=1S/C22H22FN5O2/c1-22(2,3)28-17-7-5-4-6-16(17)24-21(28)25-18(29)12-13-19-26-20(27-30-19)14-8-10-15(23)11-9-14/h4-11H,12-13H2,1-3H3,(H,24,25,29). The van der Waals surface area contributed by atoms with Crippen molar-refractivity contribution in [1.82, 2.24) is 19.7 Å². The fraction of sp³-hybridized carbons (Fsp3) is 0.273. The molecule has 0 aliphatic carbocycles. The van der Waals surface area contributed by atoms with Crippen LogP contribution in [0.3, 0.4) is 0 Å². The lowest BCUT2D eigenvalue weighted by molar-refractivity contribution is -0.116. The van der Waals surface area contributed by atoms with Crippen LogP contribution in [0, 0.1) is 5.82 Å². The van der Waals surface area contributed by atoms with E-state index in [0.29, 0.717) is 23.2 Å². The normalized spacial score (nSPS) is 11.7. The molecule has 0 saturated carbocycles. The second-order valence-electron chi connectivity index (χ2n) is 8.00. The number of imidazole rings is 1. The maximum atomic E-state index is 13.1. The number of para-hydroxylation sites is 2. The highest BCUT2D eigenvalue weighted by Crippen LogP contribution is 2.28. The third-order valence-electron chi connectivity index (χ3n) is 4.62. The Bertz CT molecular complexity index is 1190. The average molecular weight is 407 g/mol. The van der Waals surface area contributed by atoms with Crippen LogP contribution in [-0.2, 0) is 16.8 Å². The number of nitrogens with one attached hydrogen (secondary N) is 1. The zero-order chi connectivity index (χ0) is 21.3. The van der Waals surface area contributed by atoms with E-state index >= 15 is 0 Å². The van der Waals surface area contributed by atoms with Crippen LogP contribution in [0.5, 0.6) is 0 Å². The highest BCUT2D eigenvalue weighted by atomic mass is 19.1. The first kappa shape index (κ1) is 19.8. The molecule has 0 saturated heterocycles. The van der Waals surface area contributed by atoms with Gasteiger partial charge in [0.05, 0.1) is 11.0 Å². The minimum atomic E-state index is -0.333.